The number of imidazole rings is 1. The Hall–Kier alpha value is -2.49. The Labute approximate surface area is 130 Å². The van der Waals surface area contributed by atoms with Gasteiger partial charge in [0.2, 0.25) is 0 Å². The average molecular weight is 296 g/mol. The SMILES string of the molecule is CC(C)n1c(N)[n+](CCOc2ccccc2)c2ccccc21. The highest BCUT2D eigenvalue weighted by atomic mass is 16.5. The topological polar surface area (TPSA) is 44.1 Å². The van der Waals surface area contributed by atoms with Gasteiger partial charge in [-0.15, -0.1) is 0 Å². The number of nitrogen functional groups attached to an aromatic ring is 1. The van der Waals surface area contributed by atoms with Crippen molar-refractivity contribution in [3.05, 3.63) is 54.6 Å². The zero-order valence-electron chi connectivity index (χ0n) is 13.1. The molecule has 114 valence electrons. The Morgan fingerprint density at radius 1 is 1.05 bits per heavy atom. The largest absolute Gasteiger partial charge is 0.490 e. The number of hydrogen-bond donors (Lipinski definition) is 1. The van der Waals surface area contributed by atoms with Crippen LogP contribution in [0, 0.1) is 0 Å². The number of fused-ring (bicyclic) bond motifs is 1. The van der Waals surface area contributed by atoms with Gasteiger partial charge < -0.3 is 4.74 Å². The molecular weight excluding hydrogens is 274 g/mol. The van der Waals surface area contributed by atoms with E-state index in [1.807, 2.05) is 42.5 Å². The van der Waals surface area contributed by atoms with Gasteiger partial charge in [-0.05, 0) is 38.1 Å². The molecule has 1 heterocycles. The Morgan fingerprint density at radius 2 is 1.73 bits per heavy atom. The third-order valence-corrected chi connectivity index (χ3v) is 3.80. The van der Waals surface area contributed by atoms with Gasteiger partial charge >= 0.3 is 5.95 Å². The second kappa shape index (κ2) is 6.10. The second-order valence-corrected chi connectivity index (χ2v) is 5.62. The lowest BCUT2D eigenvalue weighted by Crippen LogP contribution is -2.39. The molecule has 0 saturated carbocycles. The number of hydrogen-bond acceptors (Lipinski definition) is 2. The first-order chi connectivity index (χ1) is 10.7. The van der Waals surface area contributed by atoms with Gasteiger partial charge in [-0.2, -0.15) is 0 Å². The monoisotopic (exact) mass is 296 g/mol. The van der Waals surface area contributed by atoms with E-state index in [-0.39, 0.29) is 0 Å². The number of anilines is 1. The van der Waals surface area contributed by atoms with Crippen LogP contribution in [0.3, 0.4) is 0 Å². The van der Waals surface area contributed by atoms with Crippen LogP contribution in [0.5, 0.6) is 5.75 Å². The van der Waals surface area contributed by atoms with Crippen molar-refractivity contribution in [2.45, 2.75) is 26.4 Å². The highest BCUT2D eigenvalue weighted by Crippen LogP contribution is 2.20. The summed E-state index contributed by atoms with van der Waals surface area (Å²) in [4.78, 5) is 0. The van der Waals surface area contributed by atoms with Crippen LogP contribution in [-0.4, -0.2) is 11.2 Å². The fourth-order valence-corrected chi connectivity index (χ4v) is 2.82. The Bertz CT molecular complexity index is 763. The van der Waals surface area contributed by atoms with Crippen molar-refractivity contribution < 1.29 is 9.30 Å². The molecule has 0 spiro atoms. The Balaban J connectivity index is 1.86. The maximum absolute atomic E-state index is 6.37. The maximum atomic E-state index is 6.37. The summed E-state index contributed by atoms with van der Waals surface area (Å²) in [6.45, 7) is 5.60. The standard InChI is InChI=1S/C18H21N3O/c1-14(2)21-17-11-7-6-10-16(17)20(18(21)19)12-13-22-15-8-4-3-5-9-15/h3-11,14,19H,12-13H2,1-2H3/p+1. The lowest BCUT2D eigenvalue weighted by atomic mass is 10.3. The Morgan fingerprint density at radius 3 is 2.45 bits per heavy atom. The maximum Gasteiger partial charge on any atom is 0.356 e. The number of nitrogens with two attached hydrogens (primary N) is 1. The molecule has 22 heavy (non-hydrogen) atoms. The molecule has 0 atom stereocenters. The minimum atomic E-state index is 0.321. The predicted molar refractivity (Wildman–Crippen MR) is 88.9 cm³/mol. The smallest absolute Gasteiger partial charge is 0.356 e. The van der Waals surface area contributed by atoms with Gasteiger partial charge in [0.05, 0.1) is 6.04 Å². The molecule has 0 amide bonds. The number of aromatic nitrogens is 2. The van der Waals surface area contributed by atoms with Gasteiger partial charge in [-0.25, -0.2) is 9.13 Å². The predicted octanol–water partition coefficient (Wildman–Crippen LogP) is 3.17. The molecule has 2 N–H and O–H groups in total. The van der Waals surface area contributed by atoms with Gasteiger partial charge in [0, 0.05) is 0 Å². The van der Waals surface area contributed by atoms with E-state index < -0.39 is 0 Å². The number of rotatable bonds is 5. The average Bonchev–Trinajstić information content (AvgIpc) is 2.81. The van der Waals surface area contributed by atoms with Gasteiger partial charge in [0.1, 0.15) is 29.9 Å². The minimum absolute atomic E-state index is 0.321. The minimum Gasteiger partial charge on any atom is -0.490 e. The highest BCUT2D eigenvalue weighted by Gasteiger charge is 2.22. The molecule has 3 aromatic rings. The summed E-state index contributed by atoms with van der Waals surface area (Å²) >= 11 is 0. The molecule has 0 aliphatic rings. The van der Waals surface area contributed by atoms with Crippen LogP contribution in [0.25, 0.3) is 11.0 Å². The molecule has 2 aromatic carbocycles. The van der Waals surface area contributed by atoms with Crippen LogP contribution < -0.4 is 15.0 Å². The van der Waals surface area contributed by atoms with E-state index in [0.29, 0.717) is 12.6 Å². The van der Waals surface area contributed by atoms with Crippen LogP contribution >= 0.6 is 0 Å². The molecular formula is C18H22N3O+. The van der Waals surface area contributed by atoms with Crippen molar-refractivity contribution in [2.75, 3.05) is 12.3 Å². The fourth-order valence-electron chi connectivity index (χ4n) is 2.82. The van der Waals surface area contributed by atoms with E-state index >= 15 is 0 Å². The second-order valence-electron chi connectivity index (χ2n) is 5.62. The van der Waals surface area contributed by atoms with Crippen molar-refractivity contribution in [2.24, 2.45) is 0 Å². The lowest BCUT2D eigenvalue weighted by molar-refractivity contribution is -0.658. The first-order valence-electron chi connectivity index (χ1n) is 7.64. The molecule has 0 aliphatic heterocycles. The van der Waals surface area contributed by atoms with Gasteiger partial charge in [-0.3, -0.25) is 5.73 Å². The van der Waals surface area contributed by atoms with Crippen LogP contribution in [0.4, 0.5) is 5.95 Å². The summed E-state index contributed by atoms with van der Waals surface area (Å²) in [5, 5.41) is 0. The number of para-hydroxylation sites is 3. The van der Waals surface area contributed by atoms with Gasteiger partial charge in [-0.1, -0.05) is 30.3 Å². The van der Waals surface area contributed by atoms with Crippen molar-refractivity contribution in [1.82, 2.24) is 4.57 Å². The van der Waals surface area contributed by atoms with E-state index in [1.54, 1.807) is 0 Å². The van der Waals surface area contributed by atoms with Gasteiger partial charge in [0.25, 0.3) is 0 Å². The number of benzene rings is 2. The molecule has 1 aromatic heterocycles. The zero-order valence-corrected chi connectivity index (χ0v) is 13.1. The molecule has 0 radical (unpaired) electrons. The number of ether oxygens (including phenoxy) is 1. The fraction of sp³-hybridized carbons (Fsp3) is 0.278. The summed E-state index contributed by atoms with van der Waals surface area (Å²) in [5.41, 5.74) is 8.67. The van der Waals surface area contributed by atoms with Crippen molar-refractivity contribution >= 4 is 17.0 Å². The molecule has 4 nitrogen and oxygen atoms in total. The number of nitrogens with zero attached hydrogens (tertiary/aromatic N) is 2. The van der Waals surface area contributed by atoms with Crippen LogP contribution in [0.15, 0.2) is 54.6 Å². The summed E-state index contributed by atoms with van der Waals surface area (Å²) in [6.07, 6.45) is 0. The van der Waals surface area contributed by atoms with E-state index in [4.69, 9.17) is 10.5 Å². The quantitative estimate of drug-likeness (QED) is 0.735. The van der Waals surface area contributed by atoms with E-state index in [2.05, 4.69) is 35.1 Å². The molecule has 0 aliphatic carbocycles. The molecule has 0 bridgehead atoms. The summed E-state index contributed by atoms with van der Waals surface area (Å²) in [5.74, 6) is 1.65. The first-order valence-corrected chi connectivity index (χ1v) is 7.64. The van der Waals surface area contributed by atoms with E-state index in [1.165, 1.54) is 0 Å². The van der Waals surface area contributed by atoms with Crippen LogP contribution in [0.2, 0.25) is 0 Å². The summed E-state index contributed by atoms with van der Waals surface area (Å²) in [6, 6.07) is 18.5. The van der Waals surface area contributed by atoms with Crippen molar-refractivity contribution in [1.29, 1.82) is 0 Å². The zero-order chi connectivity index (χ0) is 15.5. The van der Waals surface area contributed by atoms with E-state index in [0.717, 1.165) is 29.3 Å². The third kappa shape index (κ3) is 2.64. The third-order valence-electron chi connectivity index (χ3n) is 3.80. The molecule has 3 rings (SSSR count). The van der Waals surface area contributed by atoms with Crippen LogP contribution in [0.1, 0.15) is 19.9 Å². The lowest BCUT2D eigenvalue weighted by Gasteiger charge is -2.06. The normalized spacial score (nSPS) is 11.2. The van der Waals surface area contributed by atoms with E-state index in [9.17, 15) is 0 Å². The molecule has 0 saturated heterocycles. The summed E-state index contributed by atoms with van der Waals surface area (Å²) < 4.78 is 10.1. The Kier molecular flexibility index (Phi) is 4.00. The van der Waals surface area contributed by atoms with Gasteiger partial charge in [0.15, 0.2) is 0 Å². The van der Waals surface area contributed by atoms with Crippen LogP contribution in [-0.2, 0) is 6.54 Å². The first kappa shape index (κ1) is 14.4. The molecule has 0 unspecified atom stereocenters. The molecule has 0 fully saturated rings. The highest BCUT2D eigenvalue weighted by molar-refractivity contribution is 5.74. The van der Waals surface area contributed by atoms with Crippen molar-refractivity contribution in [3.63, 3.8) is 0 Å². The summed E-state index contributed by atoms with van der Waals surface area (Å²) in [7, 11) is 0. The molecule has 4 heteroatoms. The van der Waals surface area contributed by atoms with Crippen molar-refractivity contribution in [3.8, 4) is 5.75 Å².